The molecule has 0 saturated heterocycles. The summed E-state index contributed by atoms with van der Waals surface area (Å²) in [4.78, 5) is 24.1. The van der Waals surface area contributed by atoms with E-state index in [1.54, 1.807) is 6.92 Å². The summed E-state index contributed by atoms with van der Waals surface area (Å²) in [5.41, 5.74) is 0. The third kappa shape index (κ3) is 5.90. The van der Waals surface area contributed by atoms with Gasteiger partial charge in [0.15, 0.2) is 0 Å². The summed E-state index contributed by atoms with van der Waals surface area (Å²) >= 11 is 0. The van der Waals surface area contributed by atoms with Crippen molar-refractivity contribution in [3.05, 3.63) is 0 Å². The van der Waals surface area contributed by atoms with Gasteiger partial charge < -0.3 is 10.4 Å². The van der Waals surface area contributed by atoms with E-state index in [0.29, 0.717) is 19.0 Å². The Hall–Kier alpha value is -1.10. The maximum Gasteiger partial charge on any atom is 0.320 e. The normalized spacial score (nSPS) is 24.4. The van der Waals surface area contributed by atoms with Crippen molar-refractivity contribution >= 4 is 11.9 Å². The molecule has 1 fully saturated rings. The van der Waals surface area contributed by atoms with E-state index in [1.807, 2.05) is 4.90 Å². The molecule has 1 aliphatic carbocycles. The third-order valence-corrected chi connectivity index (χ3v) is 4.31. The number of carboxylic acid groups (broad SMARTS) is 1. The average Bonchev–Trinajstić information content (AvgIpc) is 2.38. The van der Waals surface area contributed by atoms with Crippen molar-refractivity contribution in [3.8, 4) is 0 Å². The van der Waals surface area contributed by atoms with Crippen LogP contribution in [0.15, 0.2) is 0 Å². The summed E-state index contributed by atoms with van der Waals surface area (Å²) in [5.74, 6) is 0.526. The fraction of sp³-hybridized carbons (Fsp3) is 0.867. The molecule has 1 saturated carbocycles. The van der Waals surface area contributed by atoms with Crippen LogP contribution in [0.3, 0.4) is 0 Å². The van der Waals surface area contributed by atoms with Gasteiger partial charge in [0.1, 0.15) is 6.04 Å². The Kier molecular flexibility index (Phi) is 6.99. The first-order valence-electron chi connectivity index (χ1n) is 7.61. The van der Waals surface area contributed by atoms with Gasteiger partial charge >= 0.3 is 5.97 Å². The van der Waals surface area contributed by atoms with Gasteiger partial charge in [-0.25, -0.2) is 0 Å². The zero-order chi connectivity index (χ0) is 15.1. The van der Waals surface area contributed by atoms with Gasteiger partial charge in [-0.15, -0.1) is 0 Å². The molecule has 1 unspecified atom stereocenters. The number of hydrogen-bond donors (Lipinski definition) is 2. The van der Waals surface area contributed by atoms with Crippen LogP contribution < -0.4 is 5.32 Å². The van der Waals surface area contributed by atoms with Crippen LogP contribution in [-0.2, 0) is 9.59 Å². The number of nitrogens with one attached hydrogen (secondary N) is 1. The topological polar surface area (TPSA) is 69.6 Å². The van der Waals surface area contributed by atoms with Crippen molar-refractivity contribution in [2.45, 2.75) is 52.5 Å². The zero-order valence-electron chi connectivity index (χ0n) is 12.9. The number of carboxylic acids is 1. The smallest absolute Gasteiger partial charge is 0.320 e. The lowest BCUT2D eigenvalue weighted by Crippen LogP contribution is -2.45. The van der Waals surface area contributed by atoms with Gasteiger partial charge in [0.05, 0.1) is 0 Å². The summed E-state index contributed by atoms with van der Waals surface area (Å²) in [6.45, 7) is 7.41. The van der Waals surface area contributed by atoms with Gasteiger partial charge in [-0.05, 0) is 31.6 Å². The predicted octanol–water partition coefficient (Wildman–Crippen LogP) is 1.72. The number of hydrogen-bond acceptors (Lipinski definition) is 3. The van der Waals surface area contributed by atoms with E-state index in [9.17, 15) is 14.7 Å². The highest BCUT2D eigenvalue weighted by Gasteiger charge is 2.25. The van der Waals surface area contributed by atoms with Crippen LogP contribution in [0.4, 0.5) is 0 Å². The zero-order valence-corrected chi connectivity index (χ0v) is 12.9. The lowest BCUT2D eigenvalue weighted by atomic mass is 9.82. The predicted molar refractivity (Wildman–Crippen MR) is 78.5 cm³/mol. The van der Waals surface area contributed by atoms with Gasteiger partial charge in [0.25, 0.3) is 0 Å². The molecule has 1 aliphatic rings. The minimum atomic E-state index is -0.794. The SMILES string of the molecule is CC(=O)NCCN(CC1CCC(C)CC1)C(C)C(=O)O. The van der Waals surface area contributed by atoms with Crippen LogP contribution in [0.2, 0.25) is 0 Å². The van der Waals surface area contributed by atoms with E-state index in [4.69, 9.17) is 0 Å². The minimum Gasteiger partial charge on any atom is -0.480 e. The highest BCUT2D eigenvalue weighted by Crippen LogP contribution is 2.29. The van der Waals surface area contributed by atoms with E-state index in [1.165, 1.54) is 32.6 Å². The molecule has 0 aromatic carbocycles. The van der Waals surface area contributed by atoms with Gasteiger partial charge in [-0.2, -0.15) is 0 Å². The number of nitrogens with zero attached hydrogens (tertiary/aromatic N) is 1. The van der Waals surface area contributed by atoms with Gasteiger partial charge in [0.2, 0.25) is 5.91 Å². The number of carbonyl (C=O) groups excluding carboxylic acids is 1. The molecule has 1 amide bonds. The van der Waals surface area contributed by atoms with E-state index < -0.39 is 12.0 Å². The summed E-state index contributed by atoms with van der Waals surface area (Å²) in [7, 11) is 0. The molecule has 1 rings (SSSR count). The van der Waals surface area contributed by atoms with Crippen molar-refractivity contribution in [2.24, 2.45) is 11.8 Å². The van der Waals surface area contributed by atoms with E-state index in [0.717, 1.165) is 12.5 Å². The molecule has 116 valence electrons. The molecule has 0 spiro atoms. The molecular formula is C15H28N2O3. The summed E-state index contributed by atoms with van der Waals surface area (Å²) in [6.07, 6.45) is 4.85. The molecule has 1 atom stereocenters. The first-order valence-corrected chi connectivity index (χ1v) is 7.61. The standard InChI is InChI=1S/C15H28N2O3/c1-11-4-6-14(7-5-11)10-17(12(2)15(19)20)9-8-16-13(3)18/h11-12,14H,4-10H2,1-3H3,(H,16,18)(H,19,20). The van der Waals surface area contributed by atoms with Gasteiger partial charge in [0, 0.05) is 26.6 Å². The maximum atomic E-state index is 11.2. The molecule has 0 aromatic rings. The summed E-state index contributed by atoms with van der Waals surface area (Å²) < 4.78 is 0. The third-order valence-electron chi connectivity index (χ3n) is 4.31. The second kappa shape index (κ2) is 8.25. The second-order valence-corrected chi connectivity index (χ2v) is 6.12. The van der Waals surface area contributed by atoms with E-state index in [-0.39, 0.29) is 5.91 Å². The fourth-order valence-electron chi connectivity index (χ4n) is 2.82. The van der Waals surface area contributed by atoms with Gasteiger partial charge in [-0.1, -0.05) is 19.8 Å². The molecule has 0 radical (unpaired) electrons. The molecule has 2 N–H and O–H groups in total. The lowest BCUT2D eigenvalue weighted by molar-refractivity contribution is -0.142. The molecular weight excluding hydrogens is 256 g/mol. The first kappa shape index (κ1) is 17.0. The molecule has 5 nitrogen and oxygen atoms in total. The quantitative estimate of drug-likeness (QED) is 0.747. The van der Waals surface area contributed by atoms with Crippen LogP contribution in [0.1, 0.15) is 46.5 Å². The van der Waals surface area contributed by atoms with Crippen LogP contribution in [0.25, 0.3) is 0 Å². The van der Waals surface area contributed by atoms with Crippen molar-refractivity contribution in [1.29, 1.82) is 0 Å². The maximum absolute atomic E-state index is 11.2. The van der Waals surface area contributed by atoms with E-state index in [2.05, 4.69) is 12.2 Å². The number of amides is 1. The van der Waals surface area contributed by atoms with Crippen LogP contribution >= 0.6 is 0 Å². The second-order valence-electron chi connectivity index (χ2n) is 6.12. The highest BCUT2D eigenvalue weighted by molar-refractivity contribution is 5.73. The Bertz CT molecular complexity index is 325. The Labute approximate surface area is 121 Å². The van der Waals surface area contributed by atoms with Crippen LogP contribution in [0.5, 0.6) is 0 Å². The Morgan fingerprint density at radius 2 is 1.90 bits per heavy atom. The van der Waals surface area contributed by atoms with Crippen LogP contribution in [-0.4, -0.2) is 47.6 Å². The monoisotopic (exact) mass is 284 g/mol. The largest absolute Gasteiger partial charge is 0.480 e. The number of carbonyl (C=O) groups is 2. The highest BCUT2D eigenvalue weighted by atomic mass is 16.4. The number of rotatable bonds is 7. The molecule has 0 aliphatic heterocycles. The van der Waals surface area contributed by atoms with Crippen molar-refractivity contribution in [1.82, 2.24) is 10.2 Å². The Morgan fingerprint density at radius 3 is 2.40 bits per heavy atom. The van der Waals surface area contributed by atoms with E-state index >= 15 is 0 Å². The molecule has 5 heteroatoms. The summed E-state index contributed by atoms with van der Waals surface area (Å²) in [6, 6.07) is -0.497. The van der Waals surface area contributed by atoms with Gasteiger partial charge in [-0.3, -0.25) is 14.5 Å². The fourth-order valence-corrected chi connectivity index (χ4v) is 2.82. The Morgan fingerprint density at radius 1 is 1.30 bits per heavy atom. The average molecular weight is 284 g/mol. The summed E-state index contributed by atoms with van der Waals surface area (Å²) in [5, 5.41) is 11.9. The molecule has 0 heterocycles. The molecule has 0 aromatic heterocycles. The van der Waals surface area contributed by atoms with Crippen molar-refractivity contribution in [2.75, 3.05) is 19.6 Å². The van der Waals surface area contributed by atoms with Crippen molar-refractivity contribution < 1.29 is 14.7 Å². The number of aliphatic carboxylic acids is 1. The van der Waals surface area contributed by atoms with Crippen molar-refractivity contribution in [3.63, 3.8) is 0 Å². The molecule has 0 bridgehead atoms. The first-order chi connectivity index (χ1) is 9.40. The molecule has 20 heavy (non-hydrogen) atoms. The van der Waals surface area contributed by atoms with Crippen LogP contribution in [0, 0.1) is 11.8 Å². The Balaban J connectivity index is 2.48. The lowest BCUT2D eigenvalue weighted by Gasteiger charge is -2.33. The minimum absolute atomic E-state index is 0.0700.